The van der Waals surface area contributed by atoms with Crippen LogP contribution in [0.15, 0.2) is 36.4 Å². The third-order valence-electron chi connectivity index (χ3n) is 6.49. The number of carbonyl (C=O) groups is 2. The van der Waals surface area contributed by atoms with Gasteiger partial charge in [-0.25, -0.2) is 9.18 Å². The second-order valence-corrected chi connectivity index (χ2v) is 9.44. The minimum Gasteiger partial charge on any atom is -0.506 e. The van der Waals surface area contributed by atoms with Gasteiger partial charge in [0.2, 0.25) is 0 Å². The number of carbonyl (C=O) groups excluding carboxylic acids is 2. The van der Waals surface area contributed by atoms with Crippen LogP contribution in [-0.4, -0.2) is 66.0 Å². The SMILES string of the molecule is O=C(NCc1ccc(Cl)cc1)c1cc(O)c(N2CC(CO)C2)cc1F.O=C1OCC2CCCCN12. The summed E-state index contributed by atoms with van der Waals surface area (Å²) in [6, 6.07) is 9.63. The Balaban J connectivity index is 0.000000239. The highest BCUT2D eigenvalue weighted by molar-refractivity contribution is 6.30. The summed E-state index contributed by atoms with van der Waals surface area (Å²) in [7, 11) is 0. The molecule has 3 aliphatic heterocycles. The van der Waals surface area contributed by atoms with E-state index in [2.05, 4.69) is 5.32 Å². The van der Waals surface area contributed by atoms with Gasteiger partial charge in [0.25, 0.3) is 5.91 Å². The molecule has 3 saturated heterocycles. The second kappa shape index (κ2) is 11.1. The van der Waals surface area contributed by atoms with E-state index in [1.807, 2.05) is 4.90 Å². The summed E-state index contributed by atoms with van der Waals surface area (Å²) in [5.74, 6) is -1.33. The fourth-order valence-electron chi connectivity index (χ4n) is 4.41. The number of amides is 2. The number of aliphatic hydroxyl groups is 1. The summed E-state index contributed by atoms with van der Waals surface area (Å²) >= 11 is 5.80. The molecule has 0 radical (unpaired) electrons. The molecule has 5 rings (SSSR count). The first-order valence-corrected chi connectivity index (χ1v) is 12.1. The first-order valence-electron chi connectivity index (χ1n) is 11.7. The molecule has 3 aliphatic rings. The molecule has 1 unspecified atom stereocenters. The van der Waals surface area contributed by atoms with Crippen molar-refractivity contribution in [1.82, 2.24) is 10.2 Å². The van der Waals surface area contributed by atoms with Gasteiger partial charge in [0.1, 0.15) is 18.2 Å². The van der Waals surface area contributed by atoms with E-state index in [-0.39, 0.29) is 36.5 Å². The number of fused-ring (bicyclic) bond motifs is 1. The molecule has 3 fully saturated rings. The molecule has 10 heteroatoms. The van der Waals surface area contributed by atoms with Gasteiger partial charge in [-0.1, -0.05) is 23.7 Å². The number of hydrogen-bond acceptors (Lipinski definition) is 6. The van der Waals surface area contributed by atoms with Gasteiger partial charge in [-0.2, -0.15) is 0 Å². The van der Waals surface area contributed by atoms with Gasteiger partial charge in [-0.05, 0) is 43.0 Å². The van der Waals surface area contributed by atoms with Crippen molar-refractivity contribution in [3.8, 4) is 5.75 Å². The smallest absolute Gasteiger partial charge is 0.410 e. The summed E-state index contributed by atoms with van der Waals surface area (Å²) in [5, 5.41) is 22.4. The molecule has 0 saturated carbocycles. The number of phenolic OH excluding ortho intramolecular Hbond substituents is 1. The number of aliphatic hydroxyl groups excluding tert-OH is 1. The molecule has 3 N–H and O–H groups in total. The van der Waals surface area contributed by atoms with E-state index in [0.29, 0.717) is 36.4 Å². The monoisotopic (exact) mass is 505 g/mol. The van der Waals surface area contributed by atoms with Gasteiger partial charge < -0.3 is 30.1 Å². The lowest BCUT2D eigenvalue weighted by Gasteiger charge is -2.40. The van der Waals surface area contributed by atoms with Crippen LogP contribution < -0.4 is 10.2 Å². The predicted octanol–water partition coefficient (Wildman–Crippen LogP) is 3.53. The number of cyclic esters (lactones) is 1. The Kier molecular flexibility index (Phi) is 7.97. The summed E-state index contributed by atoms with van der Waals surface area (Å²) in [4.78, 5) is 26.7. The van der Waals surface area contributed by atoms with Crippen LogP contribution in [0.2, 0.25) is 5.02 Å². The standard InChI is InChI=1S/C18H18ClFN2O3.C7H11NO2/c19-13-3-1-11(2-4-13)7-21-18(25)14-5-17(24)16(6-15(14)20)22-8-12(9-22)10-23;9-7-8-4-2-1-3-6(8)5-10-7/h1-6,12,23-24H,7-10H2,(H,21,25);6H,1-5H2. The Morgan fingerprint density at radius 2 is 1.94 bits per heavy atom. The highest BCUT2D eigenvalue weighted by Crippen LogP contribution is 2.34. The molecular formula is C25H29ClFN3O5. The van der Waals surface area contributed by atoms with E-state index in [9.17, 15) is 19.1 Å². The number of rotatable bonds is 5. The summed E-state index contributed by atoms with van der Waals surface area (Å²) < 4.78 is 19.2. The van der Waals surface area contributed by atoms with Crippen molar-refractivity contribution in [1.29, 1.82) is 0 Å². The number of piperidine rings is 1. The maximum absolute atomic E-state index is 14.3. The molecule has 0 aliphatic carbocycles. The first kappa shape index (κ1) is 25.1. The van der Waals surface area contributed by atoms with E-state index in [4.69, 9.17) is 21.4 Å². The van der Waals surface area contributed by atoms with Crippen LogP contribution in [0.5, 0.6) is 5.75 Å². The fraction of sp³-hybridized carbons (Fsp3) is 0.440. The van der Waals surface area contributed by atoms with Gasteiger partial charge in [0.15, 0.2) is 0 Å². The second-order valence-electron chi connectivity index (χ2n) is 9.00. The van der Waals surface area contributed by atoms with E-state index in [1.54, 1.807) is 29.2 Å². The normalized spacial score (nSPS) is 19.3. The molecule has 2 aromatic carbocycles. The van der Waals surface area contributed by atoms with E-state index < -0.39 is 11.7 Å². The molecule has 2 aromatic rings. The number of benzene rings is 2. The Hall–Kier alpha value is -3.04. The zero-order valence-corrected chi connectivity index (χ0v) is 20.0. The van der Waals surface area contributed by atoms with Crippen molar-refractivity contribution in [3.05, 3.63) is 58.4 Å². The third-order valence-corrected chi connectivity index (χ3v) is 6.74. The van der Waals surface area contributed by atoms with Gasteiger partial charge in [0, 0.05) is 49.8 Å². The summed E-state index contributed by atoms with van der Waals surface area (Å²) in [6.45, 7) is 2.91. The maximum Gasteiger partial charge on any atom is 0.410 e. The Morgan fingerprint density at radius 1 is 1.20 bits per heavy atom. The van der Waals surface area contributed by atoms with Crippen molar-refractivity contribution in [2.24, 2.45) is 5.92 Å². The van der Waals surface area contributed by atoms with E-state index in [1.165, 1.54) is 6.42 Å². The van der Waals surface area contributed by atoms with Gasteiger partial charge in [-0.15, -0.1) is 0 Å². The van der Waals surface area contributed by atoms with Crippen LogP contribution in [0.3, 0.4) is 0 Å². The number of nitrogens with zero attached hydrogens (tertiary/aromatic N) is 2. The van der Waals surface area contributed by atoms with E-state index in [0.717, 1.165) is 37.1 Å². The average Bonchev–Trinajstić information content (AvgIpc) is 3.21. The van der Waals surface area contributed by atoms with Gasteiger partial charge >= 0.3 is 6.09 Å². The number of aromatic hydroxyl groups is 1. The Morgan fingerprint density at radius 3 is 2.63 bits per heavy atom. The maximum atomic E-state index is 14.3. The van der Waals surface area contributed by atoms with Crippen LogP contribution in [-0.2, 0) is 11.3 Å². The Labute approximate surface area is 208 Å². The predicted molar refractivity (Wildman–Crippen MR) is 129 cm³/mol. The molecule has 0 bridgehead atoms. The molecule has 0 spiro atoms. The van der Waals surface area contributed by atoms with Crippen LogP contribution in [0.25, 0.3) is 0 Å². The molecule has 8 nitrogen and oxygen atoms in total. The lowest BCUT2D eigenvalue weighted by molar-refractivity contribution is 0.0946. The lowest BCUT2D eigenvalue weighted by Crippen LogP contribution is -2.48. The lowest BCUT2D eigenvalue weighted by atomic mass is 9.99. The first-order chi connectivity index (χ1) is 16.9. The zero-order chi connectivity index (χ0) is 24.9. The number of ether oxygens (including phenoxy) is 1. The zero-order valence-electron chi connectivity index (χ0n) is 19.3. The number of phenols is 1. The van der Waals surface area contributed by atoms with E-state index >= 15 is 0 Å². The van der Waals surface area contributed by atoms with Crippen molar-refractivity contribution >= 4 is 29.3 Å². The number of anilines is 1. The van der Waals surface area contributed by atoms with Crippen molar-refractivity contribution in [2.75, 3.05) is 37.7 Å². The van der Waals surface area contributed by atoms with Crippen molar-refractivity contribution < 1.29 is 28.9 Å². The van der Waals surface area contributed by atoms with Crippen molar-refractivity contribution in [2.45, 2.75) is 31.8 Å². The van der Waals surface area contributed by atoms with Crippen LogP contribution in [0, 0.1) is 11.7 Å². The number of nitrogens with one attached hydrogen (secondary N) is 1. The minimum absolute atomic E-state index is 0.0604. The van der Waals surface area contributed by atoms with Crippen LogP contribution in [0.1, 0.15) is 35.2 Å². The van der Waals surface area contributed by atoms with Gasteiger partial charge in [0.05, 0.1) is 17.3 Å². The average molecular weight is 506 g/mol. The summed E-state index contributed by atoms with van der Waals surface area (Å²) in [5.41, 5.74) is 0.945. The molecular weight excluding hydrogens is 477 g/mol. The Bertz CT molecular complexity index is 1060. The van der Waals surface area contributed by atoms with Crippen molar-refractivity contribution in [3.63, 3.8) is 0 Å². The topological polar surface area (TPSA) is 102 Å². The van der Waals surface area contributed by atoms with Gasteiger partial charge in [-0.3, -0.25) is 4.79 Å². The van der Waals surface area contributed by atoms with Crippen LogP contribution in [0.4, 0.5) is 14.9 Å². The molecule has 1 atom stereocenters. The molecule has 0 aromatic heterocycles. The quantitative estimate of drug-likeness (QED) is 0.574. The number of halogens is 2. The highest BCUT2D eigenvalue weighted by Gasteiger charge is 2.34. The molecule has 3 heterocycles. The molecule has 2 amide bonds. The molecule has 188 valence electrons. The fourth-order valence-corrected chi connectivity index (χ4v) is 4.53. The minimum atomic E-state index is -0.700. The highest BCUT2D eigenvalue weighted by atomic mass is 35.5. The molecule has 35 heavy (non-hydrogen) atoms. The third kappa shape index (κ3) is 5.97. The largest absolute Gasteiger partial charge is 0.506 e. The summed E-state index contributed by atoms with van der Waals surface area (Å²) in [6.07, 6.45) is 3.42. The number of hydrogen-bond donors (Lipinski definition) is 3. The van der Waals surface area contributed by atoms with Crippen LogP contribution >= 0.6 is 11.6 Å².